The Morgan fingerprint density at radius 1 is 1.38 bits per heavy atom. The largest absolute Gasteiger partial charge is 0.352 e. The summed E-state index contributed by atoms with van der Waals surface area (Å²) in [7, 11) is 1.74. The summed E-state index contributed by atoms with van der Waals surface area (Å²) in [6.45, 7) is 3.02. The number of pyridine rings is 1. The smallest absolute Gasteiger partial charge is 0.191 e. The first-order chi connectivity index (χ1) is 12.7. The molecule has 0 bridgehead atoms. The average molecular weight is 358 g/mol. The number of fused-ring (bicyclic) bond motifs is 1. The summed E-state index contributed by atoms with van der Waals surface area (Å²) < 4.78 is 16.1. The van der Waals surface area contributed by atoms with Crippen LogP contribution < -0.4 is 15.5 Å². The van der Waals surface area contributed by atoms with Crippen molar-refractivity contribution in [1.82, 2.24) is 30.4 Å². The summed E-state index contributed by atoms with van der Waals surface area (Å²) in [6.07, 6.45) is 4.66. The van der Waals surface area contributed by atoms with E-state index in [1.165, 1.54) is 6.07 Å². The van der Waals surface area contributed by atoms with Crippen molar-refractivity contribution >= 4 is 11.8 Å². The van der Waals surface area contributed by atoms with E-state index in [1.807, 2.05) is 4.90 Å². The molecule has 26 heavy (non-hydrogen) atoms. The molecule has 8 nitrogen and oxygen atoms in total. The second-order valence-corrected chi connectivity index (χ2v) is 6.60. The molecule has 1 unspecified atom stereocenters. The van der Waals surface area contributed by atoms with Gasteiger partial charge in [-0.15, -0.1) is 10.2 Å². The molecule has 1 fully saturated rings. The third kappa shape index (κ3) is 3.33. The number of hydrogen-bond acceptors (Lipinski definition) is 5. The van der Waals surface area contributed by atoms with Crippen LogP contribution in [0.1, 0.15) is 24.5 Å². The van der Waals surface area contributed by atoms with Crippen LogP contribution in [0.25, 0.3) is 0 Å². The van der Waals surface area contributed by atoms with Crippen molar-refractivity contribution in [2.45, 2.75) is 38.4 Å². The molecule has 2 aromatic rings. The van der Waals surface area contributed by atoms with Crippen molar-refractivity contribution in [2.75, 3.05) is 25.0 Å². The normalized spacial score (nSPS) is 19.7. The van der Waals surface area contributed by atoms with Gasteiger partial charge in [0.25, 0.3) is 0 Å². The van der Waals surface area contributed by atoms with Gasteiger partial charge in [-0.25, -0.2) is 9.37 Å². The first kappa shape index (κ1) is 16.7. The van der Waals surface area contributed by atoms with Crippen LogP contribution in [0.5, 0.6) is 0 Å². The van der Waals surface area contributed by atoms with E-state index in [0.717, 1.165) is 44.0 Å². The number of anilines is 1. The summed E-state index contributed by atoms with van der Waals surface area (Å²) in [5, 5.41) is 15.2. The number of aryl methyl sites for hydroxylation is 1. The highest BCUT2D eigenvalue weighted by atomic mass is 19.1. The highest BCUT2D eigenvalue weighted by Crippen LogP contribution is 2.20. The Kier molecular flexibility index (Phi) is 4.68. The summed E-state index contributed by atoms with van der Waals surface area (Å²) in [5.74, 6) is 2.85. The maximum Gasteiger partial charge on any atom is 0.191 e. The minimum atomic E-state index is -0.281. The number of hydrogen-bond donors (Lipinski definition) is 2. The minimum Gasteiger partial charge on any atom is -0.352 e. The molecular formula is C17H23FN8. The molecule has 0 aliphatic carbocycles. The molecule has 0 spiro atoms. The van der Waals surface area contributed by atoms with E-state index in [1.54, 1.807) is 19.3 Å². The van der Waals surface area contributed by atoms with Crippen LogP contribution in [0, 0.1) is 5.82 Å². The zero-order valence-corrected chi connectivity index (χ0v) is 14.8. The Bertz CT molecular complexity index is 802. The van der Waals surface area contributed by atoms with Crippen molar-refractivity contribution < 1.29 is 4.39 Å². The van der Waals surface area contributed by atoms with Gasteiger partial charge in [0.05, 0.1) is 6.54 Å². The van der Waals surface area contributed by atoms with E-state index < -0.39 is 0 Å². The molecule has 0 aromatic carbocycles. The molecule has 2 aliphatic heterocycles. The van der Waals surface area contributed by atoms with Gasteiger partial charge in [0.1, 0.15) is 5.82 Å². The monoisotopic (exact) mass is 358 g/mol. The number of halogens is 1. The summed E-state index contributed by atoms with van der Waals surface area (Å²) >= 11 is 0. The topological polar surface area (TPSA) is 83.3 Å². The molecule has 9 heteroatoms. The van der Waals surface area contributed by atoms with Crippen molar-refractivity contribution in [3.63, 3.8) is 0 Å². The molecule has 2 aliphatic rings. The van der Waals surface area contributed by atoms with Crippen molar-refractivity contribution in [3.8, 4) is 0 Å². The number of aliphatic imine (C=N–C) groups is 1. The lowest BCUT2D eigenvalue weighted by molar-refractivity contribution is 0.611. The predicted octanol–water partition coefficient (Wildman–Crippen LogP) is 0.702. The standard InChI is InChI=1S/C17H23FN8/c1-19-17(21-10-15-24-23-14-5-3-8-26(14)15)22-12-6-9-25(11-12)16-13(18)4-2-7-20-16/h2,4,7,12H,3,5-6,8-11H2,1H3,(H2,19,21,22). The zero-order chi connectivity index (χ0) is 17.9. The lowest BCUT2D eigenvalue weighted by Gasteiger charge is -2.19. The van der Waals surface area contributed by atoms with Gasteiger partial charge in [-0.2, -0.15) is 0 Å². The van der Waals surface area contributed by atoms with Crippen LogP contribution in [0.2, 0.25) is 0 Å². The van der Waals surface area contributed by atoms with E-state index in [0.29, 0.717) is 24.9 Å². The van der Waals surface area contributed by atoms with Gasteiger partial charge in [-0.05, 0) is 25.0 Å². The number of nitrogens with one attached hydrogen (secondary N) is 2. The van der Waals surface area contributed by atoms with Gasteiger partial charge in [0, 0.05) is 45.3 Å². The Morgan fingerprint density at radius 2 is 2.31 bits per heavy atom. The fraction of sp³-hybridized carbons (Fsp3) is 0.529. The maximum atomic E-state index is 13.9. The molecule has 1 saturated heterocycles. The van der Waals surface area contributed by atoms with Gasteiger partial charge in [0.2, 0.25) is 0 Å². The molecule has 1 atom stereocenters. The Balaban J connectivity index is 1.32. The molecule has 2 aromatic heterocycles. The van der Waals surface area contributed by atoms with E-state index >= 15 is 0 Å². The van der Waals surface area contributed by atoms with Crippen LogP contribution in [0.4, 0.5) is 10.2 Å². The molecule has 0 amide bonds. The van der Waals surface area contributed by atoms with Gasteiger partial charge in [-0.1, -0.05) is 0 Å². The molecule has 0 radical (unpaired) electrons. The second-order valence-electron chi connectivity index (χ2n) is 6.60. The van der Waals surface area contributed by atoms with Gasteiger partial charge in [-0.3, -0.25) is 4.99 Å². The fourth-order valence-corrected chi connectivity index (χ4v) is 3.57. The summed E-state index contributed by atoms with van der Waals surface area (Å²) in [4.78, 5) is 10.4. The number of aromatic nitrogens is 4. The van der Waals surface area contributed by atoms with Crippen molar-refractivity contribution in [2.24, 2.45) is 4.99 Å². The quantitative estimate of drug-likeness (QED) is 0.618. The third-order valence-electron chi connectivity index (χ3n) is 4.89. The van der Waals surface area contributed by atoms with Crippen molar-refractivity contribution in [1.29, 1.82) is 0 Å². The molecule has 0 saturated carbocycles. The highest BCUT2D eigenvalue weighted by molar-refractivity contribution is 5.80. The van der Waals surface area contributed by atoms with Gasteiger partial charge >= 0.3 is 0 Å². The molecule has 2 N–H and O–H groups in total. The minimum absolute atomic E-state index is 0.187. The van der Waals surface area contributed by atoms with Crippen LogP contribution in [-0.2, 0) is 19.5 Å². The molecular weight excluding hydrogens is 335 g/mol. The lowest BCUT2D eigenvalue weighted by atomic mass is 10.3. The van der Waals surface area contributed by atoms with Gasteiger partial charge in [0.15, 0.2) is 23.4 Å². The zero-order valence-electron chi connectivity index (χ0n) is 14.8. The summed E-state index contributed by atoms with van der Waals surface area (Å²) in [6, 6.07) is 3.24. The second kappa shape index (κ2) is 7.27. The van der Waals surface area contributed by atoms with Crippen LogP contribution >= 0.6 is 0 Å². The predicted molar refractivity (Wildman–Crippen MR) is 96.5 cm³/mol. The van der Waals surface area contributed by atoms with Crippen LogP contribution in [0.15, 0.2) is 23.3 Å². The van der Waals surface area contributed by atoms with E-state index in [-0.39, 0.29) is 11.9 Å². The van der Waals surface area contributed by atoms with E-state index in [2.05, 4.69) is 35.4 Å². The first-order valence-electron chi connectivity index (χ1n) is 8.98. The average Bonchev–Trinajstić information content (AvgIpc) is 3.37. The fourth-order valence-electron chi connectivity index (χ4n) is 3.57. The Hall–Kier alpha value is -2.71. The Labute approximate surface area is 151 Å². The lowest BCUT2D eigenvalue weighted by Crippen LogP contribution is -2.44. The molecule has 138 valence electrons. The first-order valence-corrected chi connectivity index (χ1v) is 8.98. The number of guanidine groups is 1. The van der Waals surface area contributed by atoms with Crippen LogP contribution in [0.3, 0.4) is 0 Å². The number of rotatable bonds is 4. The van der Waals surface area contributed by atoms with E-state index in [4.69, 9.17) is 0 Å². The summed E-state index contributed by atoms with van der Waals surface area (Å²) in [5.41, 5.74) is 0. The molecule has 4 heterocycles. The Morgan fingerprint density at radius 3 is 3.15 bits per heavy atom. The number of nitrogens with zero attached hydrogens (tertiary/aromatic N) is 6. The van der Waals surface area contributed by atoms with Crippen molar-refractivity contribution in [3.05, 3.63) is 35.8 Å². The molecule has 4 rings (SSSR count). The third-order valence-corrected chi connectivity index (χ3v) is 4.89. The van der Waals surface area contributed by atoms with E-state index in [9.17, 15) is 4.39 Å². The SMILES string of the molecule is CN=C(NCc1nnc2n1CCC2)NC1CCN(c2ncccc2F)C1. The van der Waals surface area contributed by atoms with Gasteiger partial charge < -0.3 is 20.1 Å². The van der Waals surface area contributed by atoms with Crippen LogP contribution in [-0.4, -0.2) is 51.9 Å². The maximum absolute atomic E-state index is 13.9. The highest BCUT2D eigenvalue weighted by Gasteiger charge is 2.26.